The van der Waals surface area contributed by atoms with Crippen molar-refractivity contribution >= 4 is 5.78 Å². The van der Waals surface area contributed by atoms with Crippen LogP contribution < -0.4 is 0 Å². The molecule has 2 aromatic rings. The number of carbonyl (C=O) groups excluding carboxylic acids is 1. The maximum Gasteiger partial charge on any atom is 0.214 e. The molecule has 0 unspecified atom stereocenters. The molecular weight excluding hydrogens is 202 g/mol. The highest BCUT2D eigenvalue weighted by Crippen LogP contribution is 2.10. The van der Waals surface area contributed by atoms with Crippen molar-refractivity contribution in [1.29, 1.82) is 0 Å². The summed E-state index contributed by atoms with van der Waals surface area (Å²) in [7, 11) is 0. The van der Waals surface area contributed by atoms with E-state index in [0.29, 0.717) is 11.3 Å². The summed E-state index contributed by atoms with van der Waals surface area (Å²) in [6.45, 7) is 3.71. The van der Waals surface area contributed by atoms with Gasteiger partial charge in [-0.1, -0.05) is 0 Å². The summed E-state index contributed by atoms with van der Waals surface area (Å²) in [6.07, 6.45) is 4.50. The highest BCUT2D eigenvalue weighted by molar-refractivity contribution is 6.08. The molecule has 0 atom stereocenters. The Labute approximate surface area is 93.4 Å². The van der Waals surface area contributed by atoms with Crippen LogP contribution in [0, 0.1) is 13.8 Å². The monoisotopic (exact) mass is 213 g/mol. The predicted molar refractivity (Wildman–Crippen MR) is 59.2 cm³/mol. The maximum absolute atomic E-state index is 12.0. The molecule has 0 aromatic carbocycles. The van der Waals surface area contributed by atoms with Crippen molar-refractivity contribution in [3.8, 4) is 0 Å². The number of aryl methyl sites for hydroxylation is 2. The minimum Gasteiger partial charge on any atom is -0.287 e. The molecular formula is C12H11N3O. The highest BCUT2D eigenvalue weighted by atomic mass is 16.1. The van der Waals surface area contributed by atoms with Crippen molar-refractivity contribution < 1.29 is 4.79 Å². The van der Waals surface area contributed by atoms with Gasteiger partial charge in [0.1, 0.15) is 5.69 Å². The van der Waals surface area contributed by atoms with Crippen LogP contribution in [-0.4, -0.2) is 20.7 Å². The van der Waals surface area contributed by atoms with Gasteiger partial charge >= 0.3 is 0 Å². The van der Waals surface area contributed by atoms with E-state index in [4.69, 9.17) is 0 Å². The van der Waals surface area contributed by atoms with Crippen LogP contribution in [0.3, 0.4) is 0 Å². The molecule has 0 radical (unpaired) electrons. The second-order valence-electron chi connectivity index (χ2n) is 3.51. The fourth-order valence-corrected chi connectivity index (χ4v) is 1.48. The number of rotatable bonds is 2. The van der Waals surface area contributed by atoms with E-state index in [1.54, 1.807) is 6.07 Å². The molecule has 0 N–H and O–H groups in total. The Kier molecular flexibility index (Phi) is 2.72. The molecule has 0 fully saturated rings. The number of hydrogen-bond donors (Lipinski definition) is 0. The number of hydrogen-bond acceptors (Lipinski definition) is 4. The van der Waals surface area contributed by atoms with E-state index >= 15 is 0 Å². The van der Waals surface area contributed by atoms with Gasteiger partial charge in [0.05, 0.1) is 6.20 Å². The summed E-state index contributed by atoms with van der Waals surface area (Å²) in [4.78, 5) is 24.1. The molecule has 0 saturated carbocycles. The van der Waals surface area contributed by atoms with Gasteiger partial charge in [-0.2, -0.15) is 0 Å². The highest BCUT2D eigenvalue weighted by Gasteiger charge is 2.13. The van der Waals surface area contributed by atoms with Crippen LogP contribution in [0.4, 0.5) is 0 Å². The summed E-state index contributed by atoms with van der Waals surface area (Å²) >= 11 is 0. The van der Waals surface area contributed by atoms with E-state index in [2.05, 4.69) is 15.0 Å². The fourth-order valence-electron chi connectivity index (χ4n) is 1.48. The quantitative estimate of drug-likeness (QED) is 0.713. The summed E-state index contributed by atoms with van der Waals surface area (Å²) in [5.74, 6) is -0.141. The zero-order valence-corrected chi connectivity index (χ0v) is 9.14. The lowest BCUT2D eigenvalue weighted by atomic mass is 10.1. The smallest absolute Gasteiger partial charge is 0.214 e. The van der Waals surface area contributed by atoms with Crippen LogP contribution >= 0.6 is 0 Å². The number of nitrogens with zero attached hydrogens (tertiary/aromatic N) is 3. The normalized spacial score (nSPS) is 10.1. The molecule has 0 amide bonds. The number of aromatic nitrogens is 3. The number of ketones is 1. The summed E-state index contributed by atoms with van der Waals surface area (Å²) < 4.78 is 0. The van der Waals surface area contributed by atoms with Crippen LogP contribution in [0.25, 0.3) is 0 Å². The third-order valence-electron chi connectivity index (χ3n) is 2.27. The topological polar surface area (TPSA) is 55.7 Å². The van der Waals surface area contributed by atoms with Crippen molar-refractivity contribution in [3.63, 3.8) is 0 Å². The molecule has 2 rings (SSSR count). The van der Waals surface area contributed by atoms with Gasteiger partial charge in [-0.15, -0.1) is 0 Å². The third kappa shape index (κ3) is 1.95. The minimum absolute atomic E-state index is 0.141. The van der Waals surface area contributed by atoms with Crippen molar-refractivity contribution in [1.82, 2.24) is 15.0 Å². The Bertz CT molecular complexity index is 523. The van der Waals surface area contributed by atoms with Gasteiger partial charge in [0.25, 0.3) is 0 Å². The molecule has 0 aliphatic carbocycles. The molecule has 0 spiro atoms. The lowest BCUT2D eigenvalue weighted by molar-refractivity contribution is 0.103. The summed E-state index contributed by atoms with van der Waals surface area (Å²) in [5.41, 5.74) is 2.53. The zero-order valence-electron chi connectivity index (χ0n) is 9.14. The number of carbonyl (C=O) groups is 1. The minimum atomic E-state index is -0.141. The van der Waals surface area contributed by atoms with E-state index in [9.17, 15) is 4.79 Å². The Hall–Kier alpha value is -2.10. The molecule has 0 saturated heterocycles. The molecule has 2 heterocycles. The van der Waals surface area contributed by atoms with Gasteiger partial charge in [-0.05, 0) is 26.0 Å². The fraction of sp³-hybridized carbons (Fsp3) is 0.167. The Morgan fingerprint density at radius 1 is 1.19 bits per heavy atom. The standard InChI is InChI=1S/C12H11N3O/c1-8-3-4-10(9(2)15-8)12(16)11-7-13-5-6-14-11/h3-7H,1-2H3. The van der Waals surface area contributed by atoms with Gasteiger partial charge in [0.15, 0.2) is 0 Å². The second-order valence-corrected chi connectivity index (χ2v) is 3.51. The molecule has 4 nitrogen and oxygen atoms in total. The Morgan fingerprint density at radius 2 is 2.00 bits per heavy atom. The van der Waals surface area contributed by atoms with Gasteiger partial charge < -0.3 is 0 Å². The van der Waals surface area contributed by atoms with Crippen LogP contribution in [0.2, 0.25) is 0 Å². The molecule has 0 aliphatic heterocycles. The molecule has 0 aliphatic rings. The molecule has 16 heavy (non-hydrogen) atoms. The first-order valence-corrected chi connectivity index (χ1v) is 4.93. The van der Waals surface area contributed by atoms with Gasteiger partial charge in [-0.25, -0.2) is 4.98 Å². The van der Waals surface area contributed by atoms with Crippen LogP contribution in [0.15, 0.2) is 30.7 Å². The van der Waals surface area contributed by atoms with E-state index in [-0.39, 0.29) is 5.78 Å². The molecule has 0 bridgehead atoms. The first-order valence-electron chi connectivity index (χ1n) is 4.93. The SMILES string of the molecule is Cc1ccc(C(=O)c2cnccn2)c(C)n1. The third-order valence-corrected chi connectivity index (χ3v) is 2.27. The van der Waals surface area contributed by atoms with Crippen molar-refractivity contribution in [2.24, 2.45) is 0 Å². The average Bonchev–Trinajstić information content (AvgIpc) is 2.29. The van der Waals surface area contributed by atoms with Crippen molar-refractivity contribution in [3.05, 3.63) is 53.4 Å². The lowest BCUT2D eigenvalue weighted by Crippen LogP contribution is -2.07. The van der Waals surface area contributed by atoms with E-state index in [0.717, 1.165) is 11.4 Å². The maximum atomic E-state index is 12.0. The summed E-state index contributed by atoms with van der Waals surface area (Å²) in [6, 6.07) is 3.59. The molecule has 2 aromatic heterocycles. The lowest BCUT2D eigenvalue weighted by Gasteiger charge is -2.03. The van der Waals surface area contributed by atoms with Gasteiger partial charge in [-0.3, -0.25) is 14.8 Å². The predicted octanol–water partition coefficient (Wildman–Crippen LogP) is 1.72. The van der Waals surface area contributed by atoms with Gasteiger partial charge in [0, 0.05) is 29.3 Å². The first kappa shape index (κ1) is 10.4. The van der Waals surface area contributed by atoms with E-state index in [1.165, 1.54) is 18.6 Å². The summed E-state index contributed by atoms with van der Waals surface area (Å²) in [5, 5.41) is 0. The van der Waals surface area contributed by atoms with Crippen LogP contribution in [-0.2, 0) is 0 Å². The van der Waals surface area contributed by atoms with Crippen LogP contribution in [0.5, 0.6) is 0 Å². The Morgan fingerprint density at radius 3 is 2.62 bits per heavy atom. The number of pyridine rings is 1. The van der Waals surface area contributed by atoms with Crippen LogP contribution in [0.1, 0.15) is 27.4 Å². The second kappa shape index (κ2) is 4.18. The average molecular weight is 213 g/mol. The Balaban J connectivity index is 2.42. The first-order chi connectivity index (χ1) is 7.68. The van der Waals surface area contributed by atoms with Crippen molar-refractivity contribution in [2.75, 3.05) is 0 Å². The van der Waals surface area contributed by atoms with E-state index in [1.807, 2.05) is 19.9 Å². The van der Waals surface area contributed by atoms with Crippen molar-refractivity contribution in [2.45, 2.75) is 13.8 Å². The van der Waals surface area contributed by atoms with Gasteiger partial charge in [0.2, 0.25) is 5.78 Å². The molecule has 4 heteroatoms. The van der Waals surface area contributed by atoms with E-state index < -0.39 is 0 Å². The largest absolute Gasteiger partial charge is 0.287 e. The molecule has 80 valence electrons. The zero-order chi connectivity index (χ0) is 11.5.